The maximum atomic E-state index is 12.2. The number of anilines is 1. The normalized spacial score (nSPS) is 15.6. The Labute approximate surface area is 147 Å². The van der Waals surface area contributed by atoms with E-state index in [-0.39, 0.29) is 24.4 Å². The lowest BCUT2D eigenvalue weighted by molar-refractivity contribution is -0.121. The first-order chi connectivity index (χ1) is 10.6. The summed E-state index contributed by atoms with van der Waals surface area (Å²) in [6, 6.07) is 13.6. The van der Waals surface area contributed by atoms with E-state index in [2.05, 4.69) is 5.32 Å². The van der Waals surface area contributed by atoms with Crippen LogP contribution in [0.1, 0.15) is 35.6 Å². The van der Waals surface area contributed by atoms with Crippen molar-refractivity contribution in [1.29, 1.82) is 0 Å². The van der Waals surface area contributed by atoms with Gasteiger partial charge in [-0.2, -0.15) is 0 Å². The zero-order valence-electron chi connectivity index (χ0n) is 12.7. The fourth-order valence-corrected chi connectivity index (χ4v) is 3.31. The molecule has 1 unspecified atom stereocenters. The van der Waals surface area contributed by atoms with Crippen molar-refractivity contribution in [3.63, 3.8) is 0 Å². The monoisotopic (exact) mass is 350 g/mol. The third kappa shape index (κ3) is 3.98. The van der Waals surface area contributed by atoms with E-state index < -0.39 is 0 Å². The molecule has 1 aliphatic carbocycles. The molecule has 122 valence electrons. The lowest BCUT2D eigenvalue weighted by Crippen LogP contribution is -2.27. The molecule has 23 heavy (non-hydrogen) atoms. The van der Waals surface area contributed by atoms with Crippen LogP contribution in [-0.4, -0.2) is 5.91 Å². The minimum Gasteiger partial charge on any atom is -0.399 e. The molecule has 2 aromatic carbocycles. The fraction of sp³-hybridized carbons (Fsp3) is 0.278. The molecule has 0 saturated heterocycles. The lowest BCUT2D eigenvalue weighted by atomic mass is 10.1. The number of carbonyl (C=O) groups excluding carboxylic acids is 1. The summed E-state index contributed by atoms with van der Waals surface area (Å²) in [6.07, 6.45) is 2.94. The minimum absolute atomic E-state index is 0. The smallest absolute Gasteiger partial charge is 0.220 e. The second kappa shape index (κ2) is 7.71. The molecule has 0 heterocycles. The fourth-order valence-electron chi connectivity index (χ4n) is 3.04. The Morgan fingerprint density at radius 2 is 2.00 bits per heavy atom. The summed E-state index contributed by atoms with van der Waals surface area (Å²) in [6.45, 7) is 0. The molecular formula is C18H20Cl2N2O. The molecule has 2 aromatic rings. The molecule has 3 nitrogen and oxygen atoms in total. The van der Waals surface area contributed by atoms with Crippen molar-refractivity contribution < 1.29 is 4.79 Å². The van der Waals surface area contributed by atoms with Crippen molar-refractivity contribution in [1.82, 2.24) is 5.32 Å². The molecule has 5 heteroatoms. The Morgan fingerprint density at radius 3 is 2.78 bits per heavy atom. The van der Waals surface area contributed by atoms with Crippen molar-refractivity contribution in [2.75, 3.05) is 5.73 Å². The second-order valence-electron chi connectivity index (χ2n) is 5.67. The Hall–Kier alpha value is -1.71. The number of hydrogen-bond donors (Lipinski definition) is 2. The van der Waals surface area contributed by atoms with Gasteiger partial charge in [0, 0.05) is 17.1 Å². The highest BCUT2D eigenvalue weighted by molar-refractivity contribution is 6.31. The molecule has 0 fully saturated rings. The van der Waals surface area contributed by atoms with Gasteiger partial charge in [-0.3, -0.25) is 4.79 Å². The van der Waals surface area contributed by atoms with E-state index >= 15 is 0 Å². The number of para-hydroxylation sites is 1. The van der Waals surface area contributed by atoms with Crippen LogP contribution in [0.2, 0.25) is 5.02 Å². The van der Waals surface area contributed by atoms with E-state index in [4.69, 9.17) is 17.3 Å². The van der Waals surface area contributed by atoms with Crippen LogP contribution in [0.4, 0.5) is 5.69 Å². The van der Waals surface area contributed by atoms with Crippen molar-refractivity contribution in [3.05, 3.63) is 64.2 Å². The first-order valence-electron chi connectivity index (χ1n) is 7.55. The van der Waals surface area contributed by atoms with Crippen LogP contribution in [0.3, 0.4) is 0 Å². The van der Waals surface area contributed by atoms with Crippen LogP contribution >= 0.6 is 24.0 Å². The quantitative estimate of drug-likeness (QED) is 0.816. The first-order valence-corrected chi connectivity index (χ1v) is 7.93. The van der Waals surface area contributed by atoms with Crippen LogP contribution < -0.4 is 11.1 Å². The third-order valence-electron chi connectivity index (χ3n) is 4.23. The van der Waals surface area contributed by atoms with E-state index in [0.29, 0.717) is 12.8 Å². The number of rotatable bonds is 4. The van der Waals surface area contributed by atoms with Crippen molar-refractivity contribution in [2.24, 2.45) is 0 Å². The number of aryl methyl sites for hydroxylation is 1. The van der Waals surface area contributed by atoms with Gasteiger partial charge in [0.15, 0.2) is 0 Å². The largest absolute Gasteiger partial charge is 0.399 e. The van der Waals surface area contributed by atoms with Gasteiger partial charge in [-0.05, 0) is 48.1 Å². The van der Waals surface area contributed by atoms with Gasteiger partial charge < -0.3 is 11.1 Å². The van der Waals surface area contributed by atoms with Gasteiger partial charge in [-0.15, -0.1) is 12.4 Å². The highest BCUT2D eigenvalue weighted by atomic mass is 35.5. The van der Waals surface area contributed by atoms with Crippen molar-refractivity contribution >= 4 is 35.6 Å². The Bertz CT molecular complexity index is 703. The Balaban J connectivity index is 0.00000192. The molecule has 0 bridgehead atoms. The summed E-state index contributed by atoms with van der Waals surface area (Å²) >= 11 is 6.20. The average molecular weight is 351 g/mol. The van der Waals surface area contributed by atoms with Gasteiger partial charge in [0.1, 0.15) is 0 Å². The third-order valence-corrected chi connectivity index (χ3v) is 4.58. The second-order valence-corrected chi connectivity index (χ2v) is 6.07. The molecule has 1 amide bonds. The summed E-state index contributed by atoms with van der Waals surface area (Å²) in [5, 5.41) is 3.91. The van der Waals surface area contributed by atoms with Gasteiger partial charge in [0.05, 0.1) is 6.04 Å². The van der Waals surface area contributed by atoms with E-state index in [0.717, 1.165) is 34.7 Å². The molecule has 3 rings (SSSR count). The molecule has 0 spiro atoms. The molecule has 1 aliphatic rings. The average Bonchev–Trinajstić information content (AvgIpc) is 2.91. The Kier molecular flexibility index (Phi) is 5.91. The highest BCUT2D eigenvalue weighted by Crippen LogP contribution is 2.35. The first kappa shape index (κ1) is 17.6. The number of nitrogen functional groups attached to an aromatic ring is 1. The van der Waals surface area contributed by atoms with Gasteiger partial charge in [0.2, 0.25) is 5.91 Å². The van der Waals surface area contributed by atoms with Crippen LogP contribution in [0.15, 0.2) is 42.5 Å². The molecule has 0 aromatic heterocycles. The maximum absolute atomic E-state index is 12.2. The number of fused-ring (bicyclic) bond motifs is 1. The molecule has 0 radical (unpaired) electrons. The van der Waals surface area contributed by atoms with Gasteiger partial charge in [-0.25, -0.2) is 0 Å². The van der Waals surface area contributed by atoms with Crippen molar-refractivity contribution in [3.8, 4) is 0 Å². The van der Waals surface area contributed by atoms with E-state index in [1.54, 1.807) is 0 Å². The number of nitrogens with one attached hydrogen (secondary N) is 1. The highest BCUT2D eigenvalue weighted by Gasteiger charge is 2.25. The predicted octanol–water partition coefficient (Wildman–Crippen LogP) is 4.08. The zero-order chi connectivity index (χ0) is 15.5. The van der Waals surface area contributed by atoms with Gasteiger partial charge >= 0.3 is 0 Å². The SMILES string of the molecule is Cl.Nc1ccccc1CCC(=O)NC1CCc2c(Cl)cccc21. The summed E-state index contributed by atoms with van der Waals surface area (Å²) in [5.41, 5.74) is 9.99. The van der Waals surface area contributed by atoms with Gasteiger partial charge in [-0.1, -0.05) is 41.9 Å². The topological polar surface area (TPSA) is 55.1 Å². The molecule has 0 saturated carbocycles. The molecule has 0 aliphatic heterocycles. The summed E-state index contributed by atoms with van der Waals surface area (Å²) in [4.78, 5) is 12.2. The maximum Gasteiger partial charge on any atom is 0.220 e. The minimum atomic E-state index is 0. The molecule has 1 atom stereocenters. The summed E-state index contributed by atoms with van der Waals surface area (Å²) in [7, 11) is 0. The number of halogens is 2. The van der Waals surface area contributed by atoms with Crippen LogP contribution in [0.25, 0.3) is 0 Å². The van der Waals surface area contributed by atoms with Gasteiger partial charge in [0.25, 0.3) is 0 Å². The predicted molar refractivity (Wildman–Crippen MR) is 97.1 cm³/mol. The number of carbonyl (C=O) groups is 1. The summed E-state index contributed by atoms with van der Waals surface area (Å²) in [5.74, 6) is 0.0566. The number of hydrogen-bond acceptors (Lipinski definition) is 2. The van der Waals surface area contributed by atoms with Crippen molar-refractivity contribution in [2.45, 2.75) is 31.7 Å². The molecular weight excluding hydrogens is 331 g/mol. The number of amides is 1. The molecule has 3 N–H and O–H groups in total. The zero-order valence-corrected chi connectivity index (χ0v) is 14.3. The summed E-state index contributed by atoms with van der Waals surface area (Å²) < 4.78 is 0. The van der Waals surface area contributed by atoms with Crippen LogP contribution in [-0.2, 0) is 17.6 Å². The Morgan fingerprint density at radius 1 is 1.22 bits per heavy atom. The number of nitrogens with two attached hydrogens (primary N) is 1. The van der Waals surface area contributed by atoms with E-state index in [9.17, 15) is 4.79 Å². The lowest BCUT2D eigenvalue weighted by Gasteiger charge is -2.14. The van der Waals surface area contributed by atoms with Crippen LogP contribution in [0.5, 0.6) is 0 Å². The van der Waals surface area contributed by atoms with E-state index in [1.165, 1.54) is 5.56 Å². The van der Waals surface area contributed by atoms with E-state index in [1.807, 2.05) is 42.5 Å². The van der Waals surface area contributed by atoms with Crippen LogP contribution in [0, 0.1) is 0 Å². The standard InChI is InChI=1S/C18H19ClN2O.ClH/c19-15-6-3-5-14-13(15)9-10-17(14)21-18(22)11-8-12-4-1-2-7-16(12)20;/h1-7,17H,8-11,20H2,(H,21,22);1H. The number of benzene rings is 2.